The molecule has 0 saturated carbocycles. The van der Waals surface area contributed by atoms with E-state index in [9.17, 15) is 4.79 Å². The van der Waals surface area contributed by atoms with Crippen molar-refractivity contribution >= 4 is 23.0 Å². The van der Waals surface area contributed by atoms with Crippen LogP contribution in [0.1, 0.15) is 18.7 Å². The van der Waals surface area contributed by atoms with Gasteiger partial charge in [-0.1, -0.05) is 11.2 Å². The van der Waals surface area contributed by atoms with Crippen molar-refractivity contribution in [2.24, 2.45) is 5.16 Å². The molecule has 5 nitrogen and oxygen atoms in total. The third kappa shape index (κ3) is 3.63. The number of carbonyl (C=O) groups is 1. The van der Waals surface area contributed by atoms with Gasteiger partial charge < -0.3 is 14.7 Å². The van der Waals surface area contributed by atoms with Crippen LogP contribution in [0.3, 0.4) is 0 Å². The van der Waals surface area contributed by atoms with Crippen molar-refractivity contribution in [2.45, 2.75) is 20.1 Å². The summed E-state index contributed by atoms with van der Waals surface area (Å²) in [6.07, 6.45) is -0.556. The van der Waals surface area contributed by atoms with Crippen LogP contribution in [0.4, 0.5) is 0 Å². The molecule has 1 rings (SSSR count). The lowest BCUT2D eigenvalue weighted by molar-refractivity contribution is -0.133. The summed E-state index contributed by atoms with van der Waals surface area (Å²) in [4.78, 5) is 16.4. The number of hydrogen-bond donors (Lipinski definition) is 1. The van der Waals surface area contributed by atoms with Gasteiger partial charge in [-0.05, 0) is 18.4 Å². The lowest BCUT2D eigenvalue weighted by Crippen LogP contribution is -2.16. The molecule has 1 aromatic rings. The highest BCUT2D eigenvalue weighted by Gasteiger charge is 2.15. The van der Waals surface area contributed by atoms with Gasteiger partial charge in [0.05, 0.1) is 4.88 Å². The molecule has 0 aliphatic rings. The third-order valence-corrected chi connectivity index (χ3v) is 2.53. The summed E-state index contributed by atoms with van der Waals surface area (Å²) in [6, 6.07) is 3.43. The zero-order valence-corrected chi connectivity index (χ0v) is 9.86. The van der Waals surface area contributed by atoms with Gasteiger partial charge in [-0.25, -0.2) is 4.79 Å². The number of nitrogens with zero attached hydrogens (tertiary/aromatic N) is 1. The number of carboxylic acids is 1. The van der Waals surface area contributed by atoms with E-state index in [0.717, 1.165) is 0 Å². The Labute approximate surface area is 97.3 Å². The molecule has 0 bridgehead atoms. The first-order chi connectivity index (χ1) is 7.65. The highest BCUT2D eigenvalue weighted by Crippen LogP contribution is 2.11. The monoisotopic (exact) mass is 243 g/mol. The first kappa shape index (κ1) is 12.7. The number of carboxylic acid groups (broad SMARTS) is 1. The van der Waals surface area contributed by atoms with Gasteiger partial charge in [0.2, 0.25) is 12.0 Å². The lowest BCUT2D eigenvalue weighted by atomic mass is 10.3. The fourth-order valence-corrected chi connectivity index (χ4v) is 1.69. The van der Waals surface area contributed by atoms with Crippen LogP contribution in [-0.4, -0.2) is 29.7 Å². The van der Waals surface area contributed by atoms with Crippen LogP contribution in [0.2, 0.25) is 0 Å². The molecule has 1 heterocycles. The van der Waals surface area contributed by atoms with Crippen molar-refractivity contribution in [1.82, 2.24) is 0 Å². The molecule has 0 amide bonds. The van der Waals surface area contributed by atoms with E-state index in [-0.39, 0.29) is 5.71 Å². The number of thiophene rings is 1. The Morgan fingerprint density at radius 3 is 2.94 bits per heavy atom. The van der Waals surface area contributed by atoms with E-state index in [1.54, 1.807) is 24.4 Å². The molecule has 1 N–H and O–H groups in total. The first-order valence-corrected chi connectivity index (χ1v) is 5.65. The maximum atomic E-state index is 10.9. The van der Waals surface area contributed by atoms with Gasteiger partial charge in [0.15, 0.2) is 0 Å². The zero-order chi connectivity index (χ0) is 12.0. The standard InChI is InChI=1S/C10H13NO4S/c1-3-14-7(2)15-11-9(10(12)13)8-5-4-6-16-8/h4-7H,3H2,1-2H3,(H,12,13). The van der Waals surface area contributed by atoms with Gasteiger partial charge in [-0.3, -0.25) is 0 Å². The van der Waals surface area contributed by atoms with Crippen molar-refractivity contribution in [3.8, 4) is 0 Å². The predicted molar refractivity (Wildman–Crippen MR) is 60.7 cm³/mol. The minimum absolute atomic E-state index is 0.110. The molecule has 0 spiro atoms. The Hall–Kier alpha value is -1.40. The molecule has 0 saturated heterocycles. The summed E-state index contributed by atoms with van der Waals surface area (Å²) < 4.78 is 5.07. The Kier molecular flexibility index (Phi) is 4.94. The number of aliphatic carboxylic acids is 1. The number of oxime groups is 1. The molecule has 0 aliphatic carbocycles. The second kappa shape index (κ2) is 6.24. The quantitative estimate of drug-likeness (QED) is 0.471. The molecule has 88 valence electrons. The maximum absolute atomic E-state index is 10.9. The van der Waals surface area contributed by atoms with Crippen molar-refractivity contribution in [3.05, 3.63) is 22.4 Å². The molecule has 1 aromatic heterocycles. The van der Waals surface area contributed by atoms with E-state index in [1.165, 1.54) is 11.3 Å². The van der Waals surface area contributed by atoms with E-state index in [4.69, 9.17) is 14.7 Å². The maximum Gasteiger partial charge on any atom is 0.359 e. The van der Waals surface area contributed by atoms with Crippen LogP contribution < -0.4 is 0 Å². The largest absolute Gasteiger partial charge is 0.476 e. The molecular weight excluding hydrogens is 230 g/mol. The van der Waals surface area contributed by atoms with E-state index < -0.39 is 12.3 Å². The van der Waals surface area contributed by atoms with Gasteiger partial charge in [-0.2, -0.15) is 0 Å². The van der Waals surface area contributed by atoms with Gasteiger partial charge in [0.25, 0.3) is 0 Å². The molecular formula is C10H13NO4S. The van der Waals surface area contributed by atoms with E-state index in [0.29, 0.717) is 11.5 Å². The highest BCUT2D eigenvalue weighted by molar-refractivity contribution is 7.13. The third-order valence-electron chi connectivity index (χ3n) is 1.65. The van der Waals surface area contributed by atoms with E-state index in [1.807, 2.05) is 6.92 Å². The van der Waals surface area contributed by atoms with Crippen LogP contribution in [0, 0.1) is 0 Å². The SMILES string of the molecule is CCOC(C)ON=C(C(=O)O)c1cccs1. The highest BCUT2D eigenvalue weighted by atomic mass is 32.1. The molecule has 1 atom stereocenters. The summed E-state index contributed by atoms with van der Waals surface area (Å²) in [5.74, 6) is -1.12. The van der Waals surface area contributed by atoms with Crippen LogP contribution in [0.5, 0.6) is 0 Å². The van der Waals surface area contributed by atoms with Crippen molar-refractivity contribution in [3.63, 3.8) is 0 Å². The Morgan fingerprint density at radius 1 is 1.69 bits per heavy atom. The minimum Gasteiger partial charge on any atom is -0.476 e. The van der Waals surface area contributed by atoms with Gasteiger partial charge in [0, 0.05) is 13.5 Å². The second-order valence-corrected chi connectivity index (χ2v) is 3.80. The molecule has 0 aliphatic heterocycles. The van der Waals surface area contributed by atoms with Gasteiger partial charge in [-0.15, -0.1) is 11.3 Å². The molecule has 6 heteroatoms. The summed E-state index contributed by atoms with van der Waals surface area (Å²) in [5.41, 5.74) is -0.110. The van der Waals surface area contributed by atoms with Crippen LogP contribution in [-0.2, 0) is 14.4 Å². The van der Waals surface area contributed by atoms with Gasteiger partial charge >= 0.3 is 5.97 Å². The zero-order valence-electron chi connectivity index (χ0n) is 9.04. The van der Waals surface area contributed by atoms with Crippen molar-refractivity contribution in [2.75, 3.05) is 6.61 Å². The smallest absolute Gasteiger partial charge is 0.359 e. The number of ether oxygens (including phenoxy) is 1. The number of rotatable bonds is 6. The second-order valence-electron chi connectivity index (χ2n) is 2.85. The average Bonchev–Trinajstić information content (AvgIpc) is 2.71. The van der Waals surface area contributed by atoms with Gasteiger partial charge in [0.1, 0.15) is 0 Å². The molecule has 0 radical (unpaired) electrons. The molecule has 0 aromatic carbocycles. The Morgan fingerprint density at radius 2 is 2.44 bits per heavy atom. The summed E-state index contributed by atoms with van der Waals surface area (Å²) >= 11 is 1.29. The lowest BCUT2D eigenvalue weighted by Gasteiger charge is -2.09. The van der Waals surface area contributed by atoms with E-state index in [2.05, 4.69) is 5.16 Å². The topological polar surface area (TPSA) is 68.1 Å². The summed E-state index contributed by atoms with van der Waals surface area (Å²) in [6.45, 7) is 3.96. The normalized spacial score (nSPS) is 13.5. The molecule has 16 heavy (non-hydrogen) atoms. The average molecular weight is 243 g/mol. The Bertz CT molecular complexity index is 361. The van der Waals surface area contributed by atoms with Crippen LogP contribution in [0.15, 0.2) is 22.7 Å². The Balaban J connectivity index is 2.71. The molecule has 1 unspecified atom stereocenters. The fraction of sp³-hybridized carbons (Fsp3) is 0.400. The first-order valence-electron chi connectivity index (χ1n) is 4.77. The van der Waals surface area contributed by atoms with Crippen LogP contribution in [0.25, 0.3) is 0 Å². The van der Waals surface area contributed by atoms with E-state index >= 15 is 0 Å². The summed E-state index contributed by atoms with van der Waals surface area (Å²) in [5, 5.41) is 14.3. The van der Waals surface area contributed by atoms with Crippen molar-refractivity contribution in [1.29, 1.82) is 0 Å². The minimum atomic E-state index is -1.12. The fourth-order valence-electron chi connectivity index (χ4n) is 0.995. The molecule has 0 fully saturated rings. The predicted octanol–water partition coefficient (Wildman–Crippen LogP) is 1.94. The van der Waals surface area contributed by atoms with Crippen molar-refractivity contribution < 1.29 is 19.5 Å². The van der Waals surface area contributed by atoms with Crippen LogP contribution >= 0.6 is 11.3 Å². The number of hydrogen-bond acceptors (Lipinski definition) is 5. The summed E-state index contributed by atoms with van der Waals surface area (Å²) in [7, 11) is 0.